The molecule has 0 saturated carbocycles. The van der Waals surface area contributed by atoms with Crippen molar-refractivity contribution < 1.29 is 9.53 Å². The van der Waals surface area contributed by atoms with Crippen LogP contribution in [0.4, 0.5) is 5.69 Å². The van der Waals surface area contributed by atoms with Gasteiger partial charge in [-0.05, 0) is 18.6 Å². The van der Waals surface area contributed by atoms with Crippen LogP contribution in [0, 0.1) is 0 Å². The number of nitrogens with zero attached hydrogens (tertiary/aromatic N) is 2. The fourth-order valence-electron chi connectivity index (χ4n) is 1.71. The Balaban J connectivity index is 2.24. The second kappa shape index (κ2) is 5.35. The second-order valence-electron chi connectivity index (χ2n) is 3.85. The molecule has 0 fully saturated rings. The Morgan fingerprint density at radius 1 is 1.44 bits per heavy atom. The minimum atomic E-state index is -0.312. The fourth-order valence-corrected chi connectivity index (χ4v) is 1.71. The van der Waals surface area contributed by atoms with E-state index in [1.165, 1.54) is 0 Å². The molecule has 1 aromatic heterocycles. The Kier molecular flexibility index (Phi) is 3.62. The zero-order valence-corrected chi connectivity index (χ0v) is 10.2. The highest BCUT2D eigenvalue weighted by Crippen LogP contribution is 2.12. The van der Waals surface area contributed by atoms with Gasteiger partial charge in [-0.1, -0.05) is 18.2 Å². The molecule has 2 rings (SSSR count). The van der Waals surface area contributed by atoms with Gasteiger partial charge in [0.2, 0.25) is 0 Å². The van der Waals surface area contributed by atoms with Crippen LogP contribution in [0.2, 0.25) is 0 Å². The second-order valence-corrected chi connectivity index (χ2v) is 3.85. The third-order valence-electron chi connectivity index (χ3n) is 2.50. The molecule has 0 amide bonds. The van der Waals surface area contributed by atoms with E-state index in [4.69, 9.17) is 10.5 Å². The highest BCUT2D eigenvalue weighted by atomic mass is 16.5. The predicted molar refractivity (Wildman–Crippen MR) is 68.1 cm³/mol. The van der Waals surface area contributed by atoms with Crippen molar-refractivity contribution in [1.82, 2.24) is 9.78 Å². The summed E-state index contributed by atoms with van der Waals surface area (Å²) < 4.78 is 6.71. The first-order chi connectivity index (χ1) is 8.70. The van der Waals surface area contributed by atoms with Gasteiger partial charge >= 0.3 is 5.97 Å². The normalized spacial score (nSPS) is 10.3. The molecule has 18 heavy (non-hydrogen) atoms. The van der Waals surface area contributed by atoms with E-state index in [1.54, 1.807) is 30.1 Å². The molecule has 1 aromatic carbocycles. The molecule has 0 atom stereocenters. The summed E-state index contributed by atoms with van der Waals surface area (Å²) in [4.78, 5) is 11.8. The van der Waals surface area contributed by atoms with Crippen molar-refractivity contribution in [2.24, 2.45) is 0 Å². The summed E-state index contributed by atoms with van der Waals surface area (Å²) >= 11 is 0. The molecule has 0 saturated heterocycles. The SMILES string of the molecule is CCOC(=O)c1ccccc1Cn1cc(N)cn1. The van der Waals surface area contributed by atoms with Crippen LogP contribution in [0.15, 0.2) is 36.7 Å². The van der Waals surface area contributed by atoms with E-state index < -0.39 is 0 Å². The van der Waals surface area contributed by atoms with Gasteiger partial charge < -0.3 is 10.5 Å². The maximum Gasteiger partial charge on any atom is 0.338 e. The summed E-state index contributed by atoms with van der Waals surface area (Å²) in [6.45, 7) is 2.64. The number of rotatable bonds is 4. The Morgan fingerprint density at radius 3 is 2.89 bits per heavy atom. The van der Waals surface area contributed by atoms with E-state index in [-0.39, 0.29) is 5.97 Å². The number of carbonyl (C=O) groups excluding carboxylic acids is 1. The summed E-state index contributed by atoms with van der Waals surface area (Å²) in [5, 5.41) is 4.10. The van der Waals surface area contributed by atoms with E-state index in [9.17, 15) is 4.79 Å². The molecule has 94 valence electrons. The van der Waals surface area contributed by atoms with Crippen molar-refractivity contribution >= 4 is 11.7 Å². The van der Waals surface area contributed by atoms with Crippen molar-refractivity contribution in [2.45, 2.75) is 13.5 Å². The number of nitrogens with two attached hydrogens (primary N) is 1. The Labute approximate surface area is 105 Å². The molecule has 0 radical (unpaired) electrons. The van der Waals surface area contributed by atoms with Gasteiger partial charge in [0.1, 0.15) is 0 Å². The zero-order chi connectivity index (χ0) is 13.0. The largest absolute Gasteiger partial charge is 0.462 e. The fraction of sp³-hybridized carbons (Fsp3) is 0.231. The van der Waals surface area contributed by atoms with E-state index in [0.29, 0.717) is 24.4 Å². The van der Waals surface area contributed by atoms with Crippen LogP contribution in [0.3, 0.4) is 0 Å². The van der Waals surface area contributed by atoms with E-state index in [1.807, 2.05) is 18.2 Å². The monoisotopic (exact) mass is 245 g/mol. The highest BCUT2D eigenvalue weighted by Gasteiger charge is 2.12. The van der Waals surface area contributed by atoms with Crippen LogP contribution in [-0.2, 0) is 11.3 Å². The lowest BCUT2D eigenvalue weighted by molar-refractivity contribution is 0.0525. The molecule has 0 unspecified atom stereocenters. The molecule has 0 spiro atoms. The molecule has 2 N–H and O–H groups in total. The number of nitrogen functional groups attached to an aromatic ring is 1. The Morgan fingerprint density at radius 2 is 2.22 bits per heavy atom. The molecular weight excluding hydrogens is 230 g/mol. The number of carbonyl (C=O) groups is 1. The van der Waals surface area contributed by atoms with Gasteiger partial charge in [0.25, 0.3) is 0 Å². The van der Waals surface area contributed by atoms with E-state index in [0.717, 1.165) is 5.56 Å². The van der Waals surface area contributed by atoms with Crippen molar-refractivity contribution in [3.63, 3.8) is 0 Å². The van der Waals surface area contributed by atoms with Gasteiger partial charge in [-0.25, -0.2) is 4.79 Å². The number of hydrogen-bond donors (Lipinski definition) is 1. The van der Waals surface area contributed by atoms with Crippen LogP contribution in [-0.4, -0.2) is 22.4 Å². The number of aromatic nitrogens is 2. The summed E-state index contributed by atoms with van der Waals surface area (Å²) in [5.74, 6) is -0.312. The molecular formula is C13H15N3O2. The average Bonchev–Trinajstić information content (AvgIpc) is 2.76. The lowest BCUT2D eigenvalue weighted by Gasteiger charge is -2.08. The summed E-state index contributed by atoms with van der Waals surface area (Å²) in [5.41, 5.74) is 7.63. The Bertz CT molecular complexity index is 549. The van der Waals surface area contributed by atoms with Crippen LogP contribution >= 0.6 is 0 Å². The quantitative estimate of drug-likeness (QED) is 0.832. The lowest BCUT2D eigenvalue weighted by Crippen LogP contribution is -2.10. The first-order valence-corrected chi connectivity index (χ1v) is 5.73. The summed E-state index contributed by atoms with van der Waals surface area (Å²) in [6.07, 6.45) is 3.30. The van der Waals surface area contributed by atoms with Crippen molar-refractivity contribution in [3.8, 4) is 0 Å². The molecule has 1 heterocycles. The number of benzene rings is 1. The van der Waals surface area contributed by atoms with Crippen molar-refractivity contribution in [1.29, 1.82) is 0 Å². The third-order valence-corrected chi connectivity index (χ3v) is 2.50. The van der Waals surface area contributed by atoms with Crippen LogP contribution in [0.5, 0.6) is 0 Å². The van der Waals surface area contributed by atoms with Gasteiger partial charge in [0.05, 0.1) is 30.6 Å². The number of ether oxygens (including phenoxy) is 1. The maximum atomic E-state index is 11.8. The first-order valence-electron chi connectivity index (χ1n) is 5.73. The molecule has 0 bridgehead atoms. The van der Waals surface area contributed by atoms with Crippen LogP contribution < -0.4 is 5.73 Å². The summed E-state index contributed by atoms with van der Waals surface area (Å²) in [7, 11) is 0. The number of esters is 1. The maximum absolute atomic E-state index is 11.8. The first kappa shape index (κ1) is 12.2. The van der Waals surface area contributed by atoms with Crippen LogP contribution in [0.25, 0.3) is 0 Å². The minimum Gasteiger partial charge on any atom is -0.462 e. The van der Waals surface area contributed by atoms with Crippen molar-refractivity contribution in [2.75, 3.05) is 12.3 Å². The number of anilines is 1. The van der Waals surface area contributed by atoms with Gasteiger partial charge in [-0.3, -0.25) is 4.68 Å². The third kappa shape index (κ3) is 2.68. The van der Waals surface area contributed by atoms with E-state index in [2.05, 4.69) is 5.10 Å². The summed E-state index contributed by atoms with van der Waals surface area (Å²) in [6, 6.07) is 7.32. The average molecular weight is 245 g/mol. The number of hydrogen-bond acceptors (Lipinski definition) is 4. The van der Waals surface area contributed by atoms with Gasteiger partial charge in [0.15, 0.2) is 0 Å². The molecule has 5 heteroatoms. The topological polar surface area (TPSA) is 70.1 Å². The zero-order valence-electron chi connectivity index (χ0n) is 10.2. The molecule has 0 aliphatic rings. The highest BCUT2D eigenvalue weighted by molar-refractivity contribution is 5.91. The Hall–Kier alpha value is -2.30. The molecule has 0 aliphatic heterocycles. The van der Waals surface area contributed by atoms with Gasteiger partial charge in [-0.2, -0.15) is 5.10 Å². The molecule has 0 aliphatic carbocycles. The van der Waals surface area contributed by atoms with Gasteiger partial charge in [-0.15, -0.1) is 0 Å². The smallest absolute Gasteiger partial charge is 0.338 e. The lowest BCUT2D eigenvalue weighted by atomic mass is 10.1. The molecule has 2 aromatic rings. The standard InChI is InChI=1S/C13H15N3O2/c1-2-18-13(17)12-6-4-3-5-10(12)8-16-9-11(14)7-15-16/h3-7,9H,2,8,14H2,1H3. The van der Waals surface area contributed by atoms with Crippen molar-refractivity contribution in [3.05, 3.63) is 47.8 Å². The van der Waals surface area contributed by atoms with Crippen LogP contribution in [0.1, 0.15) is 22.8 Å². The minimum absolute atomic E-state index is 0.312. The van der Waals surface area contributed by atoms with E-state index >= 15 is 0 Å². The molecule has 5 nitrogen and oxygen atoms in total. The van der Waals surface area contributed by atoms with Gasteiger partial charge in [0, 0.05) is 6.20 Å². The predicted octanol–water partition coefficient (Wildman–Crippen LogP) is 1.69.